The fourth-order valence-corrected chi connectivity index (χ4v) is 2.25. The average Bonchev–Trinajstić information content (AvgIpc) is 2.27. The number of Topliss-reactive ketones (excluding diaryl/α,β-unsaturated/α-hetero) is 1. The smallest absolute Gasteiger partial charge is 0.139 e. The van der Waals surface area contributed by atoms with Crippen LogP contribution >= 0.6 is 0 Å². The molecule has 1 aliphatic heterocycles. The van der Waals surface area contributed by atoms with Crippen LogP contribution in [0.1, 0.15) is 39.5 Å². The van der Waals surface area contributed by atoms with Gasteiger partial charge < -0.3 is 5.32 Å². The van der Waals surface area contributed by atoms with E-state index in [4.69, 9.17) is 0 Å². The fourth-order valence-electron chi connectivity index (χ4n) is 2.25. The maximum atomic E-state index is 12.0. The van der Waals surface area contributed by atoms with Crippen molar-refractivity contribution in [1.29, 1.82) is 0 Å². The topological polar surface area (TPSA) is 29.1 Å². The molecule has 1 heterocycles. The minimum Gasteiger partial charge on any atom is -0.316 e. The average molecular weight is 209 g/mol. The molecule has 0 aromatic carbocycles. The Kier molecular flexibility index (Phi) is 4.52. The number of hydrogen-bond acceptors (Lipinski definition) is 2. The summed E-state index contributed by atoms with van der Waals surface area (Å²) in [5.74, 6) is 0.889. The van der Waals surface area contributed by atoms with Gasteiger partial charge in [-0.3, -0.25) is 4.79 Å². The van der Waals surface area contributed by atoms with E-state index in [1.807, 2.05) is 6.08 Å². The largest absolute Gasteiger partial charge is 0.316 e. The molecule has 1 rings (SSSR count). The van der Waals surface area contributed by atoms with E-state index in [0.717, 1.165) is 19.5 Å². The second-order valence-corrected chi connectivity index (χ2v) is 5.02. The molecule has 2 heteroatoms. The highest BCUT2D eigenvalue weighted by Gasteiger charge is 2.36. The van der Waals surface area contributed by atoms with Gasteiger partial charge in [-0.1, -0.05) is 19.9 Å². The number of ketones is 1. The van der Waals surface area contributed by atoms with Crippen molar-refractivity contribution in [3.8, 4) is 0 Å². The Morgan fingerprint density at radius 2 is 2.33 bits per heavy atom. The van der Waals surface area contributed by atoms with Crippen LogP contribution in [0, 0.1) is 11.3 Å². The first-order valence-corrected chi connectivity index (χ1v) is 5.94. The monoisotopic (exact) mass is 209 g/mol. The van der Waals surface area contributed by atoms with Crippen molar-refractivity contribution in [3.05, 3.63) is 12.7 Å². The minimum atomic E-state index is -0.170. The number of allylic oxidation sites excluding steroid dienone is 1. The molecular weight excluding hydrogens is 186 g/mol. The first-order valence-electron chi connectivity index (χ1n) is 5.94. The molecule has 1 unspecified atom stereocenters. The van der Waals surface area contributed by atoms with Gasteiger partial charge in [0.25, 0.3) is 0 Å². The molecule has 0 aromatic heterocycles. The van der Waals surface area contributed by atoms with Gasteiger partial charge in [-0.05, 0) is 38.3 Å². The Morgan fingerprint density at radius 1 is 1.60 bits per heavy atom. The quantitative estimate of drug-likeness (QED) is 0.705. The number of rotatable bonds is 5. The lowest BCUT2D eigenvalue weighted by atomic mass is 9.71. The third-order valence-electron chi connectivity index (χ3n) is 3.61. The molecule has 86 valence electrons. The summed E-state index contributed by atoms with van der Waals surface area (Å²) in [6.45, 7) is 9.95. The van der Waals surface area contributed by atoms with Crippen LogP contribution in [0.4, 0.5) is 0 Å². The summed E-state index contributed by atoms with van der Waals surface area (Å²) in [6.07, 6.45) is 5.66. The van der Waals surface area contributed by atoms with Gasteiger partial charge in [0.1, 0.15) is 5.78 Å². The highest BCUT2D eigenvalue weighted by atomic mass is 16.1. The van der Waals surface area contributed by atoms with Crippen LogP contribution in [0.15, 0.2) is 12.7 Å². The molecule has 0 aliphatic carbocycles. The van der Waals surface area contributed by atoms with Crippen molar-refractivity contribution in [2.24, 2.45) is 11.3 Å². The lowest BCUT2D eigenvalue weighted by Gasteiger charge is -2.36. The summed E-state index contributed by atoms with van der Waals surface area (Å²) in [5, 5.41) is 3.38. The van der Waals surface area contributed by atoms with Crippen molar-refractivity contribution in [2.75, 3.05) is 13.1 Å². The van der Waals surface area contributed by atoms with Crippen LogP contribution in [0.3, 0.4) is 0 Å². The molecule has 0 aromatic rings. The second-order valence-electron chi connectivity index (χ2n) is 5.02. The van der Waals surface area contributed by atoms with Gasteiger partial charge in [0.05, 0.1) is 0 Å². The number of piperidine rings is 1. The Hall–Kier alpha value is -0.630. The van der Waals surface area contributed by atoms with Crippen LogP contribution in [0.2, 0.25) is 0 Å². The maximum Gasteiger partial charge on any atom is 0.139 e. The number of carbonyl (C=O) groups is 1. The van der Waals surface area contributed by atoms with Gasteiger partial charge in [0.2, 0.25) is 0 Å². The zero-order chi connectivity index (χ0) is 11.3. The predicted octanol–water partition coefficient (Wildman–Crippen LogP) is 2.55. The van der Waals surface area contributed by atoms with E-state index in [-0.39, 0.29) is 5.41 Å². The third kappa shape index (κ3) is 3.16. The number of carbonyl (C=O) groups excluding carboxylic acids is 1. The molecule has 1 saturated heterocycles. The SMILES string of the molecule is C=CCCC(=O)C(C)(C)C1CCCNC1. The van der Waals surface area contributed by atoms with Crippen LogP contribution in [-0.2, 0) is 4.79 Å². The Morgan fingerprint density at radius 3 is 2.87 bits per heavy atom. The Balaban J connectivity index is 2.54. The third-order valence-corrected chi connectivity index (χ3v) is 3.61. The minimum absolute atomic E-state index is 0.170. The van der Waals surface area contributed by atoms with Gasteiger partial charge in [-0.2, -0.15) is 0 Å². The number of hydrogen-bond donors (Lipinski definition) is 1. The fraction of sp³-hybridized carbons (Fsp3) is 0.769. The van der Waals surface area contributed by atoms with Crippen molar-refractivity contribution in [1.82, 2.24) is 5.32 Å². The van der Waals surface area contributed by atoms with E-state index < -0.39 is 0 Å². The zero-order valence-corrected chi connectivity index (χ0v) is 10.0. The molecule has 0 saturated carbocycles. The summed E-state index contributed by atoms with van der Waals surface area (Å²) in [5.41, 5.74) is -0.170. The van der Waals surface area contributed by atoms with Crippen LogP contribution < -0.4 is 5.32 Å². The highest BCUT2D eigenvalue weighted by molar-refractivity contribution is 5.84. The predicted molar refractivity (Wildman–Crippen MR) is 63.8 cm³/mol. The Bertz CT molecular complexity index is 227. The molecule has 0 radical (unpaired) electrons. The van der Waals surface area contributed by atoms with Crippen molar-refractivity contribution in [3.63, 3.8) is 0 Å². The second kappa shape index (κ2) is 5.45. The lowest BCUT2D eigenvalue weighted by Crippen LogP contribution is -2.42. The van der Waals surface area contributed by atoms with Gasteiger partial charge in [-0.15, -0.1) is 6.58 Å². The Labute approximate surface area is 93.1 Å². The van der Waals surface area contributed by atoms with Gasteiger partial charge >= 0.3 is 0 Å². The zero-order valence-electron chi connectivity index (χ0n) is 10.0. The molecule has 1 N–H and O–H groups in total. The molecule has 1 atom stereocenters. The van der Waals surface area contributed by atoms with Gasteiger partial charge in [0.15, 0.2) is 0 Å². The van der Waals surface area contributed by atoms with E-state index >= 15 is 0 Å². The lowest BCUT2D eigenvalue weighted by molar-refractivity contribution is -0.130. The molecule has 15 heavy (non-hydrogen) atoms. The highest BCUT2D eigenvalue weighted by Crippen LogP contribution is 2.33. The maximum absolute atomic E-state index is 12.0. The van der Waals surface area contributed by atoms with E-state index in [1.165, 1.54) is 12.8 Å². The van der Waals surface area contributed by atoms with Crippen LogP contribution in [0.25, 0.3) is 0 Å². The summed E-state index contributed by atoms with van der Waals surface area (Å²) in [6, 6.07) is 0. The summed E-state index contributed by atoms with van der Waals surface area (Å²) in [7, 11) is 0. The summed E-state index contributed by atoms with van der Waals surface area (Å²) < 4.78 is 0. The van der Waals surface area contributed by atoms with Gasteiger partial charge in [-0.25, -0.2) is 0 Å². The first kappa shape index (κ1) is 12.4. The molecule has 0 spiro atoms. The molecule has 0 bridgehead atoms. The van der Waals surface area contributed by atoms with Crippen LogP contribution in [0.5, 0.6) is 0 Å². The van der Waals surface area contributed by atoms with Gasteiger partial charge in [0, 0.05) is 11.8 Å². The van der Waals surface area contributed by atoms with Crippen molar-refractivity contribution >= 4 is 5.78 Å². The van der Waals surface area contributed by atoms with E-state index in [9.17, 15) is 4.79 Å². The molecule has 0 amide bonds. The first-order chi connectivity index (χ1) is 7.09. The molecule has 2 nitrogen and oxygen atoms in total. The van der Waals surface area contributed by atoms with Crippen molar-refractivity contribution < 1.29 is 4.79 Å². The normalized spacial score (nSPS) is 22.4. The van der Waals surface area contributed by atoms with E-state index in [2.05, 4.69) is 25.7 Å². The number of nitrogens with one attached hydrogen (secondary N) is 1. The molecule has 1 fully saturated rings. The molecular formula is C13H23NO. The van der Waals surface area contributed by atoms with E-state index in [0.29, 0.717) is 18.1 Å². The standard InChI is InChI=1S/C13H23NO/c1-4-5-8-12(15)13(2,3)11-7-6-9-14-10-11/h4,11,14H,1,5-10H2,2-3H3. The van der Waals surface area contributed by atoms with E-state index in [1.54, 1.807) is 0 Å². The summed E-state index contributed by atoms with van der Waals surface area (Å²) in [4.78, 5) is 12.0. The van der Waals surface area contributed by atoms with Crippen LogP contribution in [-0.4, -0.2) is 18.9 Å². The van der Waals surface area contributed by atoms with Crippen molar-refractivity contribution in [2.45, 2.75) is 39.5 Å². The summed E-state index contributed by atoms with van der Waals surface area (Å²) >= 11 is 0. The molecule has 1 aliphatic rings.